The first kappa shape index (κ1) is 14.9. The Morgan fingerprint density at radius 1 is 1.41 bits per heavy atom. The molecule has 102 valence electrons. The molecule has 3 nitrogen and oxygen atoms in total. The Bertz CT molecular complexity index is 202. The van der Waals surface area contributed by atoms with Crippen molar-refractivity contribution in [2.24, 2.45) is 5.92 Å². The van der Waals surface area contributed by atoms with Crippen LogP contribution in [-0.4, -0.2) is 38.5 Å². The van der Waals surface area contributed by atoms with Crippen LogP contribution in [0.25, 0.3) is 0 Å². The van der Waals surface area contributed by atoms with Crippen LogP contribution >= 0.6 is 0 Å². The van der Waals surface area contributed by atoms with Crippen molar-refractivity contribution in [3.63, 3.8) is 0 Å². The van der Waals surface area contributed by atoms with E-state index in [1.54, 1.807) is 7.11 Å². The molecule has 0 bridgehead atoms. The van der Waals surface area contributed by atoms with E-state index < -0.39 is 0 Å². The van der Waals surface area contributed by atoms with Gasteiger partial charge >= 0.3 is 0 Å². The van der Waals surface area contributed by atoms with Crippen molar-refractivity contribution in [2.75, 3.05) is 26.9 Å². The molecule has 0 radical (unpaired) electrons. The molecule has 1 aliphatic rings. The van der Waals surface area contributed by atoms with Crippen LogP contribution in [0.3, 0.4) is 0 Å². The highest BCUT2D eigenvalue weighted by Crippen LogP contribution is 2.32. The monoisotopic (exact) mass is 243 g/mol. The lowest BCUT2D eigenvalue weighted by Crippen LogP contribution is -2.55. The first-order valence-electron chi connectivity index (χ1n) is 7.00. The number of hydrogen-bond acceptors (Lipinski definition) is 3. The SMILES string of the molecule is CCNC(C(C)CCOC)C1(C)CCCCO1. The van der Waals surface area contributed by atoms with Gasteiger partial charge in [0, 0.05) is 26.4 Å². The summed E-state index contributed by atoms with van der Waals surface area (Å²) in [7, 11) is 1.77. The van der Waals surface area contributed by atoms with Crippen molar-refractivity contribution in [2.45, 2.75) is 58.1 Å². The molecule has 3 heteroatoms. The Balaban J connectivity index is 2.61. The van der Waals surface area contributed by atoms with Gasteiger partial charge in [-0.05, 0) is 45.1 Å². The zero-order valence-corrected chi connectivity index (χ0v) is 11.9. The molecule has 1 rings (SSSR count). The molecule has 0 saturated carbocycles. The van der Waals surface area contributed by atoms with Crippen molar-refractivity contribution in [3.05, 3.63) is 0 Å². The first-order valence-corrected chi connectivity index (χ1v) is 7.00. The summed E-state index contributed by atoms with van der Waals surface area (Å²) in [5.74, 6) is 0.581. The quantitative estimate of drug-likeness (QED) is 0.745. The van der Waals surface area contributed by atoms with Crippen molar-refractivity contribution < 1.29 is 9.47 Å². The van der Waals surface area contributed by atoms with Crippen LogP contribution in [-0.2, 0) is 9.47 Å². The molecule has 3 unspecified atom stereocenters. The molecule has 0 aromatic rings. The first-order chi connectivity index (χ1) is 8.14. The van der Waals surface area contributed by atoms with Gasteiger partial charge in [0.1, 0.15) is 0 Å². The standard InChI is InChI=1S/C14H29NO2/c1-5-15-13(12(2)8-11-16-4)14(3)9-6-7-10-17-14/h12-13,15H,5-11H2,1-4H3. The van der Waals surface area contributed by atoms with Gasteiger partial charge in [-0.3, -0.25) is 0 Å². The van der Waals surface area contributed by atoms with Gasteiger partial charge in [0.05, 0.1) is 5.60 Å². The van der Waals surface area contributed by atoms with E-state index in [9.17, 15) is 0 Å². The highest BCUT2D eigenvalue weighted by atomic mass is 16.5. The van der Waals surface area contributed by atoms with Crippen molar-refractivity contribution in [1.82, 2.24) is 5.32 Å². The fraction of sp³-hybridized carbons (Fsp3) is 1.00. The maximum absolute atomic E-state index is 6.08. The lowest BCUT2D eigenvalue weighted by Gasteiger charge is -2.43. The minimum atomic E-state index is 0.00141. The summed E-state index contributed by atoms with van der Waals surface area (Å²) in [4.78, 5) is 0. The fourth-order valence-corrected chi connectivity index (χ4v) is 2.91. The molecule has 1 saturated heterocycles. The molecule has 1 heterocycles. The van der Waals surface area contributed by atoms with Crippen LogP contribution in [0.4, 0.5) is 0 Å². The van der Waals surface area contributed by atoms with E-state index in [2.05, 4.69) is 26.1 Å². The Kier molecular flexibility index (Phi) is 6.45. The van der Waals surface area contributed by atoms with Crippen molar-refractivity contribution >= 4 is 0 Å². The summed E-state index contributed by atoms with van der Waals surface area (Å²) >= 11 is 0. The fourth-order valence-electron chi connectivity index (χ4n) is 2.91. The highest BCUT2D eigenvalue weighted by molar-refractivity contribution is 4.94. The van der Waals surface area contributed by atoms with E-state index in [0.29, 0.717) is 12.0 Å². The van der Waals surface area contributed by atoms with E-state index in [-0.39, 0.29) is 5.60 Å². The van der Waals surface area contributed by atoms with Crippen LogP contribution in [0, 0.1) is 5.92 Å². The number of rotatable bonds is 7. The Hall–Kier alpha value is -0.120. The van der Waals surface area contributed by atoms with Crippen LogP contribution in [0.1, 0.15) is 46.5 Å². The van der Waals surface area contributed by atoms with E-state index >= 15 is 0 Å². The lowest BCUT2D eigenvalue weighted by molar-refractivity contribution is -0.100. The summed E-state index contributed by atoms with van der Waals surface area (Å²) in [6.07, 6.45) is 4.76. The number of methoxy groups -OCH3 is 1. The van der Waals surface area contributed by atoms with Gasteiger partial charge in [-0.2, -0.15) is 0 Å². The van der Waals surface area contributed by atoms with Gasteiger partial charge in [-0.1, -0.05) is 13.8 Å². The molecule has 1 fully saturated rings. The van der Waals surface area contributed by atoms with Gasteiger partial charge in [-0.25, -0.2) is 0 Å². The lowest BCUT2D eigenvalue weighted by atomic mass is 9.80. The molecule has 1 aliphatic heterocycles. The molecule has 1 N–H and O–H groups in total. The van der Waals surface area contributed by atoms with Crippen LogP contribution < -0.4 is 5.32 Å². The van der Waals surface area contributed by atoms with Crippen molar-refractivity contribution in [1.29, 1.82) is 0 Å². The second-order valence-corrected chi connectivity index (χ2v) is 5.41. The molecule has 0 aromatic heterocycles. The normalized spacial score (nSPS) is 28.9. The van der Waals surface area contributed by atoms with Gasteiger partial charge in [0.15, 0.2) is 0 Å². The third-order valence-electron chi connectivity index (χ3n) is 3.93. The Labute approximate surface area is 106 Å². The predicted molar refractivity (Wildman–Crippen MR) is 71.3 cm³/mol. The second kappa shape index (κ2) is 7.34. The molecule has 0 aromatic carbocycles. The van der Waals surface area contributed by atoms with Gasteiger partial charge in [0.2, 0.25) is 0 Å². The Morgan fingerprint density at radius 2 is 2.18 bits per heavy atom. The summed E-state index contributed by atoms with van der Waals surface area (Å²) in [5, 5.41) is 3.62. The Morgan fingerprint density at radius 3 is 2.71 bits per heavy atom. The zero-order chi connectivity index (χ0) is 12.7. The zero-order valence-electron chi connectivity index (χ0n) is 11.9. The summed E-state index contributed by atoms with van der Waals surface area (Å²) in [6.45, 7) is 9.48. The number of likely N-dealkylation sites (N-methyl/N-ethyl adjacent to an activating group) is 1. The van der Waals surface area contributed by atoms with E-state index in [4.69, 9.17) is 9.47 Å². The molecule has 0 amide bonds. The van der Waals surface area contributed by atoms with Gasteiger partial charge in [-0.15, -0.1) is 0 Å². The van der Waals surface area contributed by atoms with Crippen LogP contribution in [0.2, 0.25) is 0 Å². The number of ether oxygens (including phenoxy) is 2. The van der Waals surface area contributed by atoms with Crippen molar-refractivity contribution in [3.8, 4) is 0 Å². The molecular formula is C14H29NO2. The molecular weight excluding hydrogens is 214 g/mol. The largest absolute Gasteiger partial charge is 0.385 e. The summed E-state index contributed by atoms with van der Waals surface area (Å²) in [5.41, 5.74) is 0.00141. The summed E-state index contributed by atoms with van der Waals surface area (Å²) < 4.78 is 11.3. The summed E-state index contributed by atoms with van der Waals surface area (Å²) in [6, 6.07) is 0.433. The van der Waals surface area contributed by atoms with E-state index in [1.165, 1.54) is 19.3 Å². The molecule has 17 heavy (non-hydrogen) atoms. The maximum atomic E-state index is 6.08. The predicted octanol–water partition coefficient (Wildman–Crippen LogP) is 2.60. The number of hydrogen-bond donors (Lipinski definition) is 1. The maximum Gasteiger partial charge on any atom is 0.0809 e. The smallest absolute Gasteiger partial charge is 0.0809 e. The van der Waals surface area contributed by atoms with Gasteiger partial charge in [0.25, 0.3) is 0 Å². The molecule has 3 atom stereocenters. The third kappa shape index (κ3) is 4.23. The van der Waals surface area contributed by atoms with E-state index in [0.717, 1.165) is 26.2 Å². The van der Waals surface area contributed by atoms with E-state index in [1.807, 2.05) is 0 Å². The number of nitrogens with one attached hydrogen (secondary N) is 1. The average Bonchev–Trinajstić information content (AvgIpc) is 2.33. The molecule has 0 aliphatic carbocycles. The van der Waals surface area contributed by atoms with Gasteiger partial charge < -0.3 is 14.8 Å². The highest BCUT2D eigenvalue weighted by Gasteiger charge is 2.39. The van der Waals surface area contributed by atoms with Crippen LogP contribution in [0.5, 0.6) is 0 Å². The second-order valence-electron chi connectivity index (χ2n) is 5.41. The minimum Gasteiger partial charge on any atom is -0.385 e. The van der Waals surface area contributed by atoms with Crippen LogP contribution in [0.15, 0.2) is 0 Å². The average molecular weight is 243 g/mol. The molecule has 0 spiro atoms. The third-order valence-corrected chi connectivity index (χ3v) is 3.93. The topological polar surface area (TPSA) is 30.5 Å². The minimum absolute atomic E-state index is 0.00141.